The summed E-state index contributed by atoms with van der Waals surface area (Å²) < 4.78 is 23.1. The van der Waals surface area contributed by atoms with E-state index in [1.165, 1.54) is 6.07 Å². The number of halogens is 1. The summed E-state index contributed by atoms with van der Waals surface area (Å²) in [4.78, 5) is 0. The van der Waals surface area contributed by atoms with E-state index < -0.39 is 5.82 Å². The van der Waals surface area contributed by atoms with Crippen molar-refractivity contribution in [3.8, 4) is 5.75 Å². The quantitative estimate of drug-likeness (QED) is 0.649. The van der Waals surface area contributed by atoms with Crippen LogP contribution in [0.15, 0.2) is 18.2 Å². The Morgan fingerprint density at radius 3 is 2.75 bits per heavy atom. The second kappa shape index (κ2) is 9.69. The number of hydrogen-bond donors (Lipinski definition) is 2. The third-order valence-electron chi connectivity index (χ3n) is 3.06. The van der Waals surface area contributed by atoms with Gasteiger partial charge in [0.1, 0.15) is 11.6 Å². The lowest BCUT2D eigenvalue weighted by Crippen LogP contribution is -2.20. The van der Waals surface area contributed by atoms with Crippen molar-refractivity contribution in [3.63, 3.8) is 0 Å². The first kappa shape index (κ1) is 16.9. The maximum absolute atomic E-state index is 12.9. The average Bonchev–Trinajstić information content (AvgIpc) is 2.41. The predicted octanol–water partition coefficient (Wildman–Crippen LogP) is 2.63. The van der Waals surface area contributed by atoms with Gasteiger partial charge in [-0.3, -0.25) is 0 Å². The largest absolute Gasteiger partial charge is 0.508 e. The lowest BCUT2D eigenvalue weighted by molar-refractivity contribution is 0.0687. The SMILES string of the molecule is COCCOCCCCNC(C)c1ccc(F)cc1O. The van der Waals surface area contributed by atoms with Crippen LogP contribution in [0.5, 0.6) is 5.75 Å². The summed E-state index contributed by atoms with van der Waals surface area (Å²) >= 11 is 0. The van der Waals surface area contributed by atoms with Crippen LogP contribution in [0.4, 0.5) is 4.39 Å². The number of unbranched alkanes of at least 4 members (excludes halogenated alkanes) is 1. The van der Waals surface area contributed by atoms with Crippen molar-refractivity contribution in [1.82, 2.24) is 5.32 Å². The Balaban J connectivity index is 2.15. The minimum absolute atomic E-state index is 0.00658. The third kappa shape index (κ3) is 6.32. The zero-order chi connectivity index (χ0) is 14.8. The highest BCUT2D eigenvalue weighted by Gasteiger charge is 2.10. The van der Waals surface area contributed by atoms with Crippen LogP contribution in [-0.4, -0.2) is 38.6 Å². The van der Waals surface area contributed by atoms with Crippen LogP contribution < -0.4 is 5.32 Å². The first-order chi connectivity index (χ1) is 9.65. The lowest BCUT2D eigenvalue weighted by atomic mass is 10.1. The van der Waals surface area contributed by atoms with Crippen molar-refractivity contribution in [2.75, 3.05) is 33.5 Å². The molecule has 5 heteroatoms. The van der Waals surface area contributed by atoms with Crippen molar-refractivity contribution >= 4 is 0 Å². The van der Waals surface area contributed by atoms with Crippen LogP contribution in [0.1, 0.15) is 31.4 Å². The van der Waals surface area contributed by atoms with E-state index in [-0.39, 0.29) is 11.8 Å². The van der Waals surface area contributed by atoms with E-state index in [0.717, 1.165) is 32.1 Å². The van der Waals surface area contributed by atoms with E-state index in [2.05, 4.69) is 5.32 Å². The fraction of sp³-hybridized carbons (Fsp3) is 0.600. The summed E-state index contributed by atoms with van der Waals surface area (Å²) in [6.45, 7) is 4.75. The molecular formula is C15H24FNO3. The molecule has 2 N–H and O–H groups in total. The minimum Gasteiger partial charge on any atom is -0.508 e. The zero-order valence-corrected chi connectivity index (χ0v) is 12.2. The standard InChI is InChI=1S/C15H24FNO3/c1-12(14-6-5-13(16)11-15(14)18)17-7-3-4-8-20-10-9-19-2/h5-6,11-12,17-18H,3-4,7-10H2,1-2H3. The molecule has 0 aromatic heterocycles. The number of hydrogen-bond acceptors (Lipinski definition) is 4. The Bertz CT molecular complexity index is 387. The van der Waals surface area contributed by atoms with Gasteiger partial charge in [0.15, 0.2) is 0 Å². The van der Waals surface area contributed by atoms with Gasteiger partial charge in [-0.25, -0.2) is 4.39 Å². The van der Waals surface area contributed by atoms with Gasteiger partial charge in [-0.05, 0) is 32.4 Å². The molecule has 20 heavy (non-hydrogen) atoms. The fourth-order valence-corrected chi connectivity index (χ4v) is 1.88. The maximum atomic E-state index is 12.9. The maximum Gasteiger partial charge on any atom is 0.126 e. The van der Waals surface area contributed by atoms with E-state index in [1.54, 1.807) is 13.2 Å². The van der Waals surface area contributed by atoms with Gasteiger partial charge in [-0.15, -0.1) is 0 Å². The Kier molecular flexibility index (Phi) is 8.18. The Morgan fingerprint density at radius 1 is 1.25 bits per heavy atom. The Morgan fingerprint density at radius 2 is 2.05 bits per heavy atom. The van der Waals surface area contributed by atoms with Crippen LogP contribution in [0.2, 0.25) is 0 Å². The molecule has 0 amide bonds. The summed E-state index contributed by atoms with van der Waals surface area (Å²) in [7, 11) is 1.65. The Labute approximate surface area is 119 Å². The molecule has 0 fully saturated rings. The van der Waals surface area contributed by atoms with Crippen molar-refractivity contribution in [2.45, 2.75) is 25.8 Å². The molecule has 0 bridgehead atoms. The topological polar surface area (TPSA) is 50.7 Å². The molecular weight excluding hydrogens is 261 g/mol. The van der Waals surface area contributed by atoms with E-state index in [9.17, 15) is 9.50 Å². The van der Waals surface area contributed by atoms with Gasteiger partial charge in [0.05, 0.1) is 13.2 Å². The molecule has 0 heterocycles. The van der Waals surface area contributed by atoms with Crippen LogP contribution in [-0.2, 0) is 9.47 Å². The summed E-state index contributed by atoms with van der Waals surface area (Å²) in [6.07, 6.45) is 1.96. The highest BCUT2D eigenvalue weighted by molar-refractivity contribution is 5.34. The monoisotopic (exact) mass is 285 g/mol. The molecule has 0 aliphatic rings. The first-order valence-electron chi connectivity index (χ1n) is 6.93. The normalized spacial score (nSPS) is 12.6. The molecule has 1 aromatic carbocycles. The molecule has 0 aliphatic heterocycles. The van der Waals surface area contributed by atoms with E-state index in [1.807, 2.05) is 6.92 Å². The highest BCUT2D eigenvalue weighted by Crippen LogP contribution is 2.24. The molecule has 0 spiro atoms. The van der Waals surface area contributed by atoms with Crippen molar-refractivity contribution in [1.29, 1.82) is 0 Å². The first-order valence-corrected chi connectivity index (χ1v) is 6.93. The van der Waals surface area contributed by atoms with Gasteiger partial charge < -0.3 is 19.9 Å². The predicted molar refractivity (Wildman–Crippen MR) is 76.4 cm³/mol. The minimum atomic E-state index is -0.424. The molecule has 114 valence electrons. The molecule has 0 aliphatic carbocycles. The van der Waals surface area contributed by atoms with Crippen molar-refractivity contribution in [2.24, 2.45) is 0 Å². The lowest BCUT2D eigenvalue weighted by Gasteiger charge is -2.15. The van der Waals surface area contributed by atoms with E-state index >= 15 is 0 Å². The molecule has 1 aromatic rings. The number of methoxy groups -OCH3 is 1. The van der Waals surface area contributed by atoms with Crippen molar-refractivity contribution in [3.05, 3.63) is 29.6 Å². The zero-order valence-electron chi connectivity index (χ0n) is 12.2. The number of phenolic OH excluding ortho intramolecular Hbond substituents is 1. The number of ether oxygens (including phenoxy) is 2. The van der Waals surface area contributed by atoms with E-state index in [4.69, 9.17) is 9.47 Å². The number of phenols is 1. The second-order valence-electron chi connectivity index (χ2n) is 4.69. The number of nitrogens with one attached hydrogen (secondary N) is 1. The summed E-state index contributed by atoms with van der Waals surface area (Å²) in [6, 6.07) is 4.09. The molecule has 0 radical (unpaired) electrons. The molecule has 0 saturated heterocycles. The molecule has 4 nitrogen and oxygen atoms in total. The van der Waals surface area contributed by atoms with Crippen LogP contribution in [0.25, 0.3) is 0 Å². The second-order valence-corrected chi connectivity index (χ2v) is 4.69. The number of aromatic hydroxyl groups is 1. The molecule has 1 rings (SSSR count). The van der Waals surface area contributed by atoms with Gasteiger partial charge in [0.2, 0.25) is 0 Å². The van der Waals surface area contributed by atoms with Gasteiger partial charge >= 0.3 is 0 Å². The van der Waals surface area contributed by atoms with Crippen LogP contribution in [0, 0.1) is 5.82 Å². The molecule has 1 unspecified atom stereocenters. The third-order valence-corrected chi connectivity index (χ3v) is 3.06. The summed E-state index contributed by atoms with van der Waals surface area (Å²) in [5.41, 5.74) is 0.711. The fourth-order valence-electron chi connectivity index (χ4n) is 1.88. The van der Waals surface area contributed by atoms with Gasteiger partial charge in [0, 0.05) is 31.4 Å². The number of benzene rings is 1. The highest BCUT2D eigenvalue weighted by atomic mass is 19.1. The van der Waals surface area contributed by atoms with Gasteiger partial charge in [-0.2, -0.15) is 0 Å². The van der Waals surface area contributed by atoms with E-state index in [0.29, 0.717) is 18.8 Å². The smallest absolute Gasteiger partial charge is 0.126 e. The van der Waals surface area contributed by atoms with Crippen LogP contribution >= 0.6 is 0 Å². The summed E-state index contributed by atoms with van der Waals surface area (Å²) in [5, 5.41) is 13.0. The van der Waals surface area contributed by atoms with Crippen LogP contribution in [0.3, 0.4) is 0 Å². The Hall–Kier alpha value is -1.17. The average molecular weight is 285 g/mol. The van der Waals surface area contributed by atoms with Gasteiger partial charge in [0.25, 0.3) is 0 Å². The van der Waals surface area contributed by atoms with Gasteiger partial charge in [-0.1, -0.05) is 6.07 Å². The summed E-state index contributed by atoms with van der Waals surface area (Å²) in [5.74, 6) is -0.431. The molecule has 0 saturated carbocycles. The number of rotatable bonds is 10. The van der Waals surface area contributed by atoms with Crippen molar-refractivity contribution < 1.29 is 19.0 Å². The molecule has 1 atom stereocenters.